The molecule has 0 aliphatic carbocycles. The van der Waals surface area contributed by atoms with Gasteiger partial charge in [-0.05, 0) is 74.4 Å². The Morgan fingerprint density at radius 3 is 2.46 bits per heavy atom. The van der Waals surface area contributed by atoms with Crippen molar-refractivity contribution in [3.8, 4) is 22.6 Å². The Balaban J connectivity index is 1.30. The quantitative estimate of drug-likeness (QED) is 0.294. The number of sulfonamides is 1. The van der Waals surface area contributed by atoms with Crippen LogP contribution >= 0.6 is 11.3 Å². The molecule has 0 amide bonds. The van der Waals surface area contributed by atoms with E-state index in [0.29, 0.717) is 36.7 Å². The average Bonchev–Trinajstić information content (AvgIpc) is 3.51. The summed E-state index contributed by atoms with van der Waals surface area (Å²) < 4.78 is 56.8. The van der Waals surface area contributed by atoms with Crippen molar-refractivity contribution in [3.05, 3.63) is 84.0 Å². The summed E-state index contributed by atoms with van der Waals surface area (Å²) in [4.78, 5) is 14.8. The number of fused-ring (bicyclic) bond motifs is 1. The van der Waals surface area contributed by atoms with E-state index in [0.717, 1.165) is 28.4 Å². The summed E-state index contributed by atoms with van der Waals surface area (Å²) in [6.07, 6.45) is 4.89. The number of hydrogen-bond acceptors (Lipinski definition) is 7. The molecule has 1 saturated heterocycles. The maximum Gasteiger partial charge on any atom is 0.243 e. The molecule has 200 valence electrons. The molecule has 4 heterocycles. The number of thiazole rings is 1. The lowest BCUT2D eigenvalue weighted by Gasteiger charge is -2.40. The number of aromatic nitrogens is 4. The van der Waals surface area contributed by atoms with Crippen LogP contribution in [0, 0.1) is 11.6 Å². The summed E-state index contributed by atoms with van der Waals surface area (Å²) in [6.45, 7) is 2.50. The van der Waals surface area contributed by atoms with Gasteiger partial charge < -0.3 is 5.32 Å². The summed E-state index contributed by atoms with van der Waals surface area (Å²) in [7, 11) is -3.79. The molecule has 8 nitrogen and oxygen atoms in total. The van der Waals surface area contributed by atoms with Gasteiger partial charge in [-0.25, -0.2) is 32.2 Å². The number of hydrogen-bond donors (Lipinski definition) is 1. The summed E-state index contributed by atoms with van der Waals surface area (Å²) in [5, 5.41) is 5.30. The molecular formula is C27H24F2N6O2S2. The van der Waals surface area contributed by atoms with Gasteiger partial charge in [0.05, 0.1) is 21.8 Å². The fourth-order valence-electron chi connectivity index (χ4n) is 4.92. The Kier molecular flexibility index (Phi) is 6.40. The zero-order valence-electron chi connectivity index (χ0n) is 20.9. The van der Waals surface area contributed by atoms with Crippen molar-refractivity contribution in [2.24, 2.45) is 0 Å². The van der Waals surface area contributed by atoms with Crippen LogP contribution in [0.5, 0.6) is 0 Å². The first-order valence-electron chi connectivity index (χ1n) is 12.3. The average molecular weight is 567 g/mol. The molecule has 6 rings (SSSR count). The van der Waals surface area contributed by atoms with E-state index in [1.165, 1.54) is 39.9 Å². The standard InChI is InChI=1S/C27H24F2N6O2S2/c1-27(12-2-14-34(17-27)39(36,37)21-9-7-20(29)8-10-21)33-25-30-13-11-22(31-25)24-23(18-3-5-19(28)6-4-18)32-26-35(24)15-16-38-26/h3-11,13,15-16H,2,12,14,17H2,1H3,(H,30,31,33)/t27-/m0/s1. The first kappa shape index (κ1) is 25.5. The molecule has 1 aliphatic rings. The van der Waals surface area contributed by atoms with Crippen LogP contribution in [0.15, 0.2) is 77.3 Å². The predicted octanol–water partition coefficient (Wildman–Crippen LogP) is 5.45. The predicted molar refractivity (Wildman–Crippen MR) is 146 cm³/mol. The first-order valence-corrected chi connectivity index (χ1v) is 14.6. The maximum absolute atomic E-state index is 13.6. The molecule has 0 unspecified atom stereocenters. The lowest BCUT2D eigenvalue weighted by molar-refractivity contribution is 0.260. The fraction of sp³-hybridized carbons (Fsp3) is 0.222. The van der Waals surface area contributed by atoms with E-state index < -0.39 is 21.4 Å². The Bertz CT molecular complexity index is 1750. The molecule has 0 spiro atoms. The molecule has 0 saturated carbocycles. The lowest BCUT2D eigenvalue weighted by atomic mass is 9.92. The van der Waals surface area contributed by atoms with E-state index in [4.69, 9.17) is 9.97 Å². The van der Waals surface area contributed by atoms with Gasteiger partial charge in [0.15, 0.2) is 4.96 Å². The largest absolute Gasteiger partial charge is 0.348 e. The van der Waals surface area contributed by atoms with Crippen LogP contribution in [0.4, 0.5) is 14.7 Å². The highest BCUT2D eigenvalue weighted by Crippen LogP contribution is 2.34. The van der Waals surface area contributed by atoms with Crippen molar-refractivity contribution in [3.63, 3.8) is 0 Å². The molecule has 0 bridgehead atoms. The van der Waals surface area contributed by atoms with Gasteiger partial charge in [-0.2, -0.15) is 4.31 Å². The summed E-state index contributed by atoms with van der Waals surface area (Å²) in [5.74, 6) is -0.464. The Morgan fingerprint density at radius 2 is 1.72 bits per heavy atom. The SMILES string of the molecule is C[C@]1(Nc2nccc(-c3c(-c4ccc(F)cc4)nc4sccn34)n2)CCCN(S(=O)(=O)c2ccc(F)cc2)C1. The van der Waals surface area contributed by atoms with E-state index in [9.17, 15) is 17.2 Å². The minimum Gasteiger partial charge on any atom is -0.348 e. The number of nitrogens with zero attached hydrogens (tertiary/aromatic N) is 5. The zero-order chi connectivity index (χ0) is 27.2. The fourth-order valence-corrected chi connectivity index (χ4v) is 7.23. The van der Waals surface area contributed by atoms with Crippen LogP contribution in [-0.4, -0.2) is 50.7 Å². The maximum atomic E-state index is 13.6. The monoisotopic (exact) mass is 566 g/mol. The van der Waals surface area contributed by atoms with Gasteiger partial charge in [0.2, 0.25) is 16.0 Å². The van der Waals surface area contributed by atoms with Crippen molar-refractivity contribution in [2.45, 2.75) is 30.2 Å². The molecule has 5 aromatic rings. The molecule has 39 heavy (non-hydrogen) atoms. The van der Waals surface area contributed by atoms with Gasteiger partial charge in [0.25, 0.3) is 0 Å². The summed E-state index contributed by atoms with van der Waals surface area (Å²) in [6, 6.07) is 12.8. The highest BCUT2D eigenvalue weighted by molar-refractivity contribution is 7.89. The highest BCUT2D eigenvalue weighted by atomic mass is 32.2. The van der Waals surface area contributed by atoms with Crippen molar-refractivity contribution in [1.29, 1.82) is 0 Å². The van der Waals surface area contributed by atoms with E-state index >= 15 is 0 Å². The second kappa shape index (κ2) is 9.78. The third-order valence-electron chi connectivity index (χ3n) is 6.80. The van der Waals surface area contributed by atoms with Crippen molar-refractivity contribution in [1.82, 2.24) is 23.7 Å². The number of piperidine rings is 1. The van der Waals surface area contributed by atoms with Crippen LogP contribution in [0.2, 0.25) is 0 Å². The Hall–Kier alpha value is -3.74. The van der Waals surface area contributed by atoms with Gasteiger partial charge >= 0.3 is 0 Å². The Labute approximate surface area is 228 Å². The number of anilines is 1. The first-order chi connectivity index (χ1) is 18.7. The zero-order valence-corrected chi connectivity index (χ0v) is 22.5. The van der Waals surface area contributed by atoms with E-state index in [1.807, 2.05) is 22.9 Å². The minimum atomic E-state index is -3.79. The molecule has 0 radical (unpaired) electrons. The number of benzene rings is 2. The second-order valence-corrected chi connectivity index (χ2v) is 12.5. The number of nitrogens with one attached hydrogen (secondary N) is 1. The molecule has 1 fully saturated rings. The second-order valence-electron chi connectivity index (χ2n) is 9.72. The third kappa shape index (κ3) is 4.90. The molecule has 1 N–H and O–H groups in total. The minimum absolute atomic E-state index is 0.0558. The molecular weight excluding hydrogens is 542 g/mol. The van der Waals surface area contributed by atoms with Gasteiger partial charge in [-0.15, -0.1) is 11.3 Å². The van der Waals surface area contributed by atoms with E-state index in [2.05, 4.69) is 10.3 Å². The molecule has 3 aromatic heterocycles. The van der Waals surface area contributed by atoms with Crippen LogP contribution in [-0.2, 0) is 10.0 Å². The van der Waals surface area contributed by atoms with Crippen LogP contribution in [0.1, 0.15) is 19.8 Å². The summed E-state index contributed by atoms with van der Waals surface area (Å²) >= 11 is 1.48. The van der Waals surface area contributed by atoms with Gasteiger partial charge in [0.1, 0.15) is 17.3 Å². The third-order valence-corrected chi connectivity index (χ3v) is 9.42. The molecule has 1 aliphatic heterocycles. The van der Waals surface area contributed by atoms with Crippen molar-refractivity contribution < 1.29 is 17.2 Å². The lowest BCUT2D eigenvalue weighted by Crippen LogP contribution is -2.52. The van der Waals surface area contributed by atoms with Gasteiger partial charge in [-0.1, -0.05) is 0 Å². The van der Waals surface area contributed by atoms with Crippen LogP contribution in [0.25, 0.3) is 27.6 Å². The summed E-state index contributed by atoms with van der Waals surface area (Å²) in [5.41, 5.74) is 2.16. The molecule has 1 atom stereocenters. The number of rotatable bonds is 6. The molecule has 12 heteroatoms. The van der Waals surface area contributed by atoms with Gasteiger partial charge in [-0.3, -0.25) is 4.40 Å². The Morgan fingerprint density at radius 1 is 1.00 bits per heavy atom. The van der Waals surface area contributed by atoms with E-state index in [-0.39, 0.29) is 17.3 Å². The molecule has 2 aromatic carbocycles. The highest BCUT2D eigenvalue weighted by Gasteiger charge is 2.37. The smallest absolute Gasteiger partial charge is 0.243 e. The van der Waals surface area contributed by atoms with Crippen molar-refractivity contribution in [2.75, 3.05) is 18.4 Å². The topological polar surface area (TPSA) is 92.5 Å². The van der Waals surface area contributed by atoms with E-state index in [1.54, 1.807) is 24.4 Å². The normalized spacial score (nSPS) is 18.4. The number of halogens is 2. The van der Waals surface area contributed by atoms with Crippen molar-refractivity contribution >= 4 is 32.3 Å². The van der Waals surface area contributed by atoms with Crippen LogP contribution in [0.3, 0.4) is 0 Å². The number of imidazole rings is 1. The van der Waals surface area contributed by atoms with Gasteiger partial charge in [0, 0.05) is 36.4 Å². The van der Waals surface area contributed by atoms with Crippen LogP contribution < -0.4 is 5.32 Å².